The molecule has 0 aromatic rings. The van der Waals surface area contributed by atoms with Gasteiger partial charge in [0.05, 0.1) is 6.61 Å². The van der Waals surface area contributed by atoms with Gasteiger partial charge in [0.1, 0.15) is 0 Å². The number of aliphatic hydroxyl groups excluding tert-OH is 2. The normalized spacial score (nSPS) is 24.8. The zero-order valence-corrected chi connectivity index (χ0v) is 12.3. The van der Waals surface area contributed by atoms with Crippen LogP contribution in [-0.4, -0.2) is 47.5 Å². The summed E-state index contributed by atoms with van der Waals surface area (Å²) >= 11 is 0. The summed E-state index contributed by atoms with van der Waals surface area (Å²) < 4.78 is 0. The Morgan fingerprint density at radius 1 is 0.895 bits per heavy atom. The van der Waals surface area contributed by atoms with Crippen LogP contribution in [0.15, 0.2) is 0 Å². The Hall–Kier alpha value is -0.120. The predicted octanol–water partition coefficient (Wildman–Crippen LogP) is 2.56. The summed E-state index contributed by atoms with van der Waals surface area (Å²) in [7, 11) is 0. The molecule has 112 valence electrons. The van der Waals surface area contributed by atoms with Gasteiger partial charge in [0.25, 0.3) is 0 Å². The maximum Gasteiger partial charge on any atom is 0.0558 e. The van der Waals surface area contributed by atoms with Crippen molar-refractivity contribution in [2.24, 2.45) is 5.41 Å². The second-order valence-corrected chi connectivity index (χ2v) is 6.70. The smallest absolute Gasteiger partial charge is 0.0558 e. The van der Waals surface area contributed by atoms with E-state index >= 15 is 0 Å². The monoisotopic (exact) mass is 269 g/mol. The van der Waals surface area contributed by atoms with Crippen molar-refractivity contribution in [1.82, 2.24) is 4.90 Å². The molecule has 2 fully saturated rings. The molecule has 3 nitrogen and oxygen atoms in total. The first kappa shape index (κ1) is 15.3. The van der Waals surface area contributed by atoms with Gasteiger partial charge >= 0.3 is 0 Å². The second-order valence-electron chi connectivity index (χ2n) is 6.70. The highest BCUT2D eigenvalue weighted by Gasteiger charge is 2.35. The van der Waals surface area contributed by atoms with E-state index in [0.717, 1.165) is 25.9 Å². The van der Waals surface area contributed by atoms with Crippen molar-refractivity contribution < 1.29 is 10.2 Å². The fourth-order valence-electron chi connectivity index (χ4n) is 4.06. The molecule has 0 aromatic heterocycles. The van der Waals surface area contributed by atoms with Gasteiger partial charge in [0.2, 0.25) is 0 Å². The third-order valence-electron chi connectivity index (χ3n) is 5.27. The second kappa shape index (κ2) is 7.61. The van der Waals surface area contributed by atoms with Gasteiger partial charge < -0.3 is 10.2 Å². The first-order valence-corrected chi connectivity index (χ1v) is 8.25. The van der Waals surface area contributed by atoms with E-state index in [1.165, 1.54) is 51.4 Å². The number of rotatable bonds is 6. The van der Waals surface area contributed by atoms with E-state index in [4.69, 9.17) is 0 Å². The van der Waals surface area contributed by atoms with Gasteiger partial charge in [0, 0.05) is 31.2 Å². The summed E-state index contributed by atoms with van der Waals surface area (Å²) in [5.41, 5.74) is 0.116. The van der Waals surface area contributed by atoms with Crippen LogP contribution in [0.1, 0.15) is 64.2 Å². The number of hydrogen-bond donors (Lipinski definition) is 2. The van der Waals surface area contributed by atoms with Gasteiger partial charge in [-0.1, -0.05) is 38.5 Å². The molecule has 2 N–H and O–H groups in total. The topological polar surface area (TPSA) is 43.7 Å². The van der Waals surface area contributed by atoms with Gasteiger partial charge in [-0.05, 0) is 25.7 Å². The van der Waals surface area contributed by atoms with E-state index in [9.17, 15) is 10.2 Å². The predicted molar refractivity (Wildman–Crippen MR) is 78.1 cm³/mol. The van der Waals surface area contributed by atoms with E-state index in [-0.39, 0.29) is 12.0 Å². The molecule has 2 aliphatic rings. The van der Waals surface area contributed by atoms with Crippen LogP contribution in [0.25, 0.3) is 0 Å². The van der Waals surface area contributed by atoms with Crippen molar-refractivity contribution >= 4 is 0 Å². The number of aliphatic hydroxyl groups is 2. The van der Waals surface area contributed by atoms with Gasteiger partial charge in [-0.25, -0.2) is 0 Å². The molecule has 0 saturated heterocycles. The first-order valence-electron chi connectivity index (χ1n) is 8.25. The first-order chi connectivity index (χ1) is 9.29. The maximum atomic E-state index is 9.87. The molecular formula is C16H31NO2. The van der Waals surface area contributed by atoms with Crippen LogP contribution in [-0.2, 0) is 0 Å². The van der Waals surface area contributed by atoms with Crippen LogP contribution >= 0.6 is 0 Å². The molecule has 3 heteroatoms. The lowest BCUT2D eigenvalue weighted by atomic mass is 9.74. The molecule has 0 radical (unpaired) electrons. The highest BCUT2D eigenvalue weighted by atomic mass is 16.3. The lowest BCUT2D eigenvalue weighted by molar-refractivity contribution is 0.0114. The Balaban J connectivity index is 1.96. The Bertz CT molecular complexity index is 245. The summed E-state index contributed by atoms with van der Waals surface area (Å²) in [5.74, 6) is 0. The molecule has 0 unspecified atom stereocenters. The Kier molecular flexibility index (Phi) is 6.11. The van der Waals surface area contributed by atoms with Crippen LogP contribution in [0.2, 0.25) is 0 Å². The molecule has 0 aromatic carbocycles. The molecule has 0 spiro atoms. The Labute approximate surface area is 118 Å². The van der Waals surface area contributed by atoms with Crippen molar-refractivity contribution in [2.45, 2.75) is 70.3 Å². The zero-order valence-electron chi connectivity index (χ0n) is 12.3. The molecule has 0 heterocycles. The fraction of sp³-hybridized carbons (Fsp3) is 1.00. The highest BCUT2D eigenvalue weighted by molar-refractivity contribution is 4.88. The molecule has 0 amide bonds. The van der Waals surface area contributed by atoms with Crippen LogP contribution in [0.5, 0.6) is 0 Å². The molecule has 19 heavy (non-hydrogen) atoms. The van der Waals surface area contributed by atoms with Crippen molar-refractivity contribution in [1.29, 1.82) is 0 Å². The van der Waals surface area contributed by atoms with E-state index in [2.05, 4.69) is 4.90 Å². The van der Waals surface area contributed by atoms with E-state index in [1.54, 1.807) is 0 Å². The zero-order chi connectivity index (χ0) is 13.6. The third-order valence-corrected chi connectivity index (χ3v) is 5.27. The summed E-state index contributed by atoms with van der Waals surface area (Å²) in [6, 6.07) is 0.645. The molecule has 0 aliphatic heterocycles. The lowest BCUT2D eigenvalue weighted by Crippen LogP contribution is -2.47. The van der Waals surface area contributed by atoms with E-state index in [0.29, 0.717) is 12.6 Å². The standard InChI is InChI=1S/C16H31NO2/c18-12-11-17(15-7-3-1-4-8-15)13-16(14-19)9-5-2-6-10-16/h15,18-19H,1-14H2. The molecule has 0 atom stereocenters. The van der Waals surface area contributed by atoms with Crippen LogP contribution in [0, 0.1) is 5.41 Å². The van der Waals surface area contributed by atoms with Crippen molar-refractivity contribution in [2.75, 3.05) is 26.3 Å². The highest BCUT2D eigenvalue weighted by Crippen LogP contribution is 2.38. The van der Waals surface area contributed by atoms with Crippen molar-refractivity contribution in [3.8, 4) is 0 Å². The van der Waals surface area contributed by atoms with Crippen molar-refractivity contribution in [3.05, 3.63) is 0 Å². The summed E-state index contributed by atoms with van der Waals surface area (Å²) in [4.78, 5) is 2.49. The molecule has 0 bridgehead atoms. The van der Waals surface area contributed by atoms with Gasteiger partial charge in [0.15, 0.2) is 0 Å². The molecule has 2 rings (SSSR count). The average Bonchev–Trinajstić information content (AvgIpc) is 2.49. The lowest BCUT2D eigenvalue weighted by Gasteiger charge is -2.43. The number of hydrogen-bond acceptors (Lipinski definition) is 3. The van der Waals surface area contributed by atoms with Gasteiger partial charge in [-0.15, -0.1) is 0 Å². The quantitative estimate of drug-likeness (QED) is 0.779. The minimum atomic E-state index is 0.116. The van der Waals surface area contributed by atoms with Crippen LogP contribution in [0.3, 0.4) is 0 Å². The van der Waals surface area contributed by atoms with Crippen molar-refractivity contribution in [3.63, 3.8) is 0 Å². The van der Waals surface area contributed by atoms with Gasteiger partial charge in [-0.2, -0.15) is 0 Å². The van der Waals surface area contributed by atoms with Gasteiger partial charge in [-0.3, -0.25) is 4.90 Å². The van der Waals surface area contributed by atoms with E-state index in [1.807, 2.05) is 0 Å². The molecule has 2 saturated carbocycles. The summed E-state index contributed by atoms with van der Waals surface area (Å²) in [6.07, 6.45) is 12.8. The van der Waals surface area contributed by atoms with Crippen LogP contribution < -0.4 is 0 Å². The summed E-state index contributed by atoms with van der Waals surface area (Å²) in [5, 5.41) is 19.2. The fourth-order valence-corrected chi connectivity index (χ4v) is 4.06. The SMILES string of the molecule is OCCN(CC1(CO)CCCCC1)C1CCCCC1. The summed E-state index contributed by atoms with van der Waals surface area (Å²) in [6.45, 7) is 2.35. The Morgan fingerprint density at radius 3 is 2.11 bits per heavy atom. The molecular weight excluding hydrogens is 238 g/mol. The third kappa shape index (κ3) is 4.17. The molecule has 2 aliphatic carbocycles. The van der Waals surface area contributed by atoms with E-state index < -0.39 is 0 Å². The minimum absolute atomic E-state index is 0.116. The van der Waals surface area contributed by atoms with Crippen LogP contribution in [0.4, 0.5) is 0 Å². The Morgan fingerprint density at radius 2 is 1.53 bits per heavy atom. The minimum Gasteiger partial charge on any atom is -0.396 e. The maximum absolute atomic E-state index is 9.87. The average molecular weight is 269 g/mol. The largest absolute Gasteiger partial charge is 0.396 e. The number of nitrogens with zero attached hydrogens (tertiary/aromatic N) is 1.